The molecule has 148 valence electrons. The molecule has 0 radical (unpaired) electrons. The van der Waals surface area contributed by atoms with Crippen LogP contribution in [0.2, 0.25) is 0 Å². The van der Waals surface area contributed by atoms with Crippen LogP contribution >= 0.6 is 11.3 Å². The molecule has 2 aromatic carbocycles. The van der Waals surface area contributed by atoms with E-state index < -0.39 is 10.0 Å². The van der Waals surface area contributed by atoms with Gasteiger partial charge in [-0.25, -0.2) is 18.1 Å². The Hall–Kier alpha value is -2.29. The largest absolute Gasteiger partial charge is 0.350 e. The number of hydrogen-bond acceptors (Lipinski definition) is 5. The monoisotopic (exact) mass is 417 g/mol. The molecule has 3 aromatic rings. The van der Waals surface area contributed by atoms with Crippen molar-refractivity contribution in [1.82, 2.24) is 15.0 Å². The molecule has 6 nitrogen and oxygen atoms in total. The van der Waals surface area contributed by atoms with Crippen molar-refractivity contribution in [2.24, 2.45) is 0 Å². The van der Waals surface area contributed by atoms with Crippen LogP contribution in [0.3, 0.4) is 0 Å². The summed E-state index contributed by atoms with van der Waals surface area (Å²) in [6.07, 6.45) is 0.0635. The van der Waals surface area contributed by atoms with Crippen LogP contribution in [0, 0.1) is 0 Å². The van der Waals surface area contributed by atoms with Crippen LogP contribution in [0.4, 0.5) is 0 Å². The number of fused-ring (bicyclic) bond motifs is 1. The Kier molecular flexibility index (Phi) is 6.43. The highest BCUT2D eigenvalue weighted by molar-refractivity contribution is 7.89. The smallest absolute Gasteiger partial charge is 0.240 e. The number of amides is 1. The fourth-order valence-electron chi connectivity index (χ4n) is 2.66. The van der Waals surface area contributed by atoms with Gasteiger partial charge >= 0.3 is 0 Å². The SMILES string of the molecule is CC(C)c1nc(CNC(=O)CCNS(=O)(=O)c2ccc3ccccc3c2)cs1. The topological polar surface area (TPSA) is 88.2 Å². The summed E-state index contributed by atoms with van der Waals surface area (Å²) in [5.41, 5.74) is 0.818. The van der Waals surface area contributed by atoms with E-state index in [0.29, 0.717) is 12.5 Å². The van der Waals surface area contributed by atoms with E-state index in [1.165, 1.54) is 0 Å². The molecular weight excluding hydrogens is 394 g/mol. The van der Waals surface area contributed by atoms with E-state index in [1.54, 1.807) is 29.5 Å². The van der Waals surface area contributed by atoms with Crippen molar-refractivity contribution in [1.29, 1.82) is 0 Å². The van der Waals surface area contributed by atoms with Gasteiger partial charge < -0.3 is 5.32 Å². The molecule has 0 bridgehead atoms. The third-order valence-corrected chi connectivity index (χ3v) is 6.86. The molecular formula is C20H23N3O3S2. The summed E-state index contributed by atoms with van der Waals surface area (Å²) >= 11 is 1.57. The van der Waals surface area contributed by atoms with E-state index in [9.17, 15) is 13.2 Å². The normalized spacial score (nSPS) is 11.8. The van der Waals surface area contributed by atoms with Crippen molar-refractivity contribution in [3.8, 4) is 0 Å². The van der Waals surface area contributed by atoms with Crippen molar-refractivity contribution in [3.05, 3.63) is 58.5 Å². The molecule has 1 amide bonds. The molecule has 0 saturated carbocycles. The number of nitrogens with zero attached hydrogens (tertiary/aromatic N) is 1. The number of sulfonamides is 1. The van der Waals surface area contributed by atoms with E-state index in [4.69, 9.17) is 0 Å². The Morgan fingerprint density at radius 3 is 2.61 bits per heavy atom. The summed E-state index contributed by atoms with van der Waals surface area (Å²) in [4.78, 5) is 16.6. The van der Waals surface area contributed by atoms with Crippen molar-refractivity contribution in [3.63, 3.8) is 0 Å². The second kappa shape index (κ2) is 8.81. The summed E-state index contributed by atoms with van der Waals surface area (Å²) in [6.45, 7) is 4.53. The summed E-state index contributed by atoms with van der Waals surface area (Å²) < 4.78 is 27.4. The van der Waals surface area contributed by atoms with Gasteiger partial charge in [-0.15, -0.1) is 11.3 Å². The van der Waals surface area contributed by atoms with Crippen LogP contribution in [0.15, 0.2) is 52.7 Å². The Labute approximate surface area is 169 Å². The van der Waals surface area contributed by atoms with Gasteiger partial charge in [0, 0.05) is 24.3 Å². The predicted octanol–water partition coefficient (Wildman–Crippen LogP) is 3.40. The molecule has 0 atom stereocenters. The Bertz CT molecular complexity index is 1070. The number of thiazole rings is 1. The highest BCUT2D eigenvalue weighted by Crippen LogP contribution is 2.19. The van der Waals surface area contributed by atoms with E-state index >= 15 is 0 Å². The van der Waals surface area contributed by atoms with Gasteiger partial charge in [-0.1, -0.05) is 44.2 Å². The van der Waals surface area contributed by atoms with E-state index in [1.807, 2.05) is 29.6 Å². The fraction of sp³-hybridized carbons (Fsp3) is 0.300. The van der Waals surface area contributed by atoms with Gasteiger partial charge in [0.1, 0.15) is 0 Å². The van der Waals surface area contributed by atoms with Crippen molar-refractivity contribution >= 4 is 38.0 Å². The number of benzene rings is 2. The standard InChI is InChI=1S/C20H23N3O3S2/c1-14(2)20-23-17(13-27-20)12-21-19(24)9-10-22-28(25,26)18-8-7-15-5-3-4-6-16(15)11-18/h3-8,11,13-14,22H,9-10,12H2,1-2H3,(H,21,24). The maximum absolute atomic E-state index is 12.5. The number of hydrogen-bond donors (Lipinski definition) is 2. The number of aromatic nitrogens is 1. The van der Waals surface area contributed by atoms with Crippen LogP contribution in [0.25, 0.3) is 10.8 Å². The third kappa shape index (κ3) is 5.15. The van der Waals surface area contributed by atoms with Crippen LogP contribution in [-0.4, -0.2) is 25.9 Å². The lowest BCUT2D eigenvalue weighted by Crippen LogP contribution is -2.30. The number of carbonyl (C=O) groups is 1. The van der Waals surface area contributed by atoms with Gasteiger partial charge in [0.25, 0.3) is 0 Å². The summed E-state index contributed by atoms with van der Waals surface area (Å²) in [5, 5.41) is 7.56. The van der Waals surface area contributed by atoms with Crippen molar-refractivity contribution < 1.29 is 13.2 Å². The van der Waals surface area contributed by atoms with Gasteiger partial charge in [0.2, 0.25) is 15.9 Å². The molecule has 0 aliphatic rings. The quantitative estimate of drug-likeness (QED) is 0.588. The third-order valence-electron chi connectivity index (χ3n) is 4.21. The number of rotatable bonds is 8. The zero-order valence-corrected chi connectivity index (χ0v) is 17.4. The average Bonchev–Trinajstić information content (AvgIpc) is 3.15. The molecule has 1 heterocycles. The molecule has 0 unspecified atom stereocenters. The maximum atomic E-state index is 12.5. The first-order valence-corrected chi connectivity index (χ1v) is 11.4. The lowest BCUT2D eigenvalue weighted by atomic mass is 10.1. The molecule has 0 spiro atoms. The fourth-order valence-corrected chi connectivity index (χ4v) is 4.57. The molecule has 2 N–H and O–H groups in total. The van der Waals surface area contributed by atoms with Crippen LogP contribution in [0.5, 0.6) is 0 Å². The first-order chi connectivity index (χ1) is 13.3. The van der Waals surface area contributed by atoms with Gasteiger partial charge in [0.15, 0.2) is 0 Å². The molecule has 3 rings (SSSR count). The molecule has 0 aliphatic heterocycles. The summed E-state index contributed by atoms with van der Waals surface area (Å²) in [5.74, 6) is 0.138. The first-order valence-electron chi connectivity index (χ1n) is 9.04. The average molecular weight is 418 g/mol. The Balaban J connectivity index is 1.50. The maximum Gasteiger partial charge on any atom is 0.240 e. The Morgan fingerprint density at radius 2 is 1.89 bits per heavy atom. The minimum atomic E-state index is -3.66. The molecule has 0 fully saturated rings. The van der Waals surface area contributed by atoms with Gasteiger partial charge in [-0.05, 0) is 22.9 Å². The summed E-state index contributed by atoms with van der Waals surface area (Å²) in [7, 11) is -3.66. The Morgan fingerprint density at radius 1 is 1.14 bits per heavy atom. The van der Waals surface area contributed by atoms with Gasteiger partial charge in [-0.2, -0.15) is 0 Å². The van der Waals surface area contributed by atoms with E-state index in [2.05, 4.69) is 28.9 Å². The van der Waals surface area contributed by atoms with E-state index in [-0.39, 0.29) is 23.8 Å². The zero-order chi connectivity index (χ0) is 20.1. The van der Waals surface area contributed by atoms with Crippen LogP contribution in [-0.2, 0) is 21.4 Å². The van der Waals surface area contributed by atoms with Gasteiger partial charge in [0.05, 0.1) is 22.1 Å². The highest BCUT2D eigenvalue weighted by atomic mass is 32.2. The minimum Gasteiger partial charge on any atom is -0.350 e. The first kappa shape index (κ1) is 20.4. The predicted molar refractivity (Wildman–Crippen MR) is 112 cm³/mol. The molecule has 1 aromatic heterocycles. The number of nitrogens with one attached hydrogen (secondary N) is 2. The van der Waals surface area contributed by atoms with Crippen molar-refractivity contribution in [2.75, 3.05) is 6.54 Å². The van der Waals surface area contributed by atoms with Crippen LogP contribution < -0.4 is 10.0 Å². The van der Waals surface area contributed by atoms with Gasteiger partial charge in [-0.3, -0.25) is 4.79 Å². The highest BCUT2D eigenvalue weighted by Gasteiger charge is 2.15. The molecule has 28 heavy (non-hydrogen) atoms. The molecule has 0 saturated heterocycles. The summed E-state index contributed by atoms with van der Waals surface area (Å²) in [6, 6.07) is 12.5. The zero-order valence-electron chi connectivity index (χ0n) is 15.8. The second-order valence-electron chi connectivity index (χ2n) is 6.77. The molecule has 8 heteroatoms. The second-order valence-corrected chi connectivity index (χ2v) is 9.42. The lowest BCUT2D eigenvalue weighted by molar-refractivity contribution is -0.121. The minimum absolute atomic E-state index is 0.0370. The van der Waals surface area contributed by atoms with Crippen LogP contribution in [0.1, 0.15) is 36.9 Å². The number of carbonyl (C=O) groups excluding carboxylic acids is 1. The lowest BCUT2D eigenvalue weighted by Gasteiger charge is -2.08. The van der Waals surface area contributed by atoms with E-state index in [0.717, 1.165) is 21.5 Å². The molecule has 0 aliphatic carbocycles. The van der Waals surface area contributed by atoms with Crippen molar-refractivity contribution in [2.45, 2.75) is 37.6 Å².